The molecule has 0 aliphatic carbocycles. The number of methoxy groups -OCH3 is 2. The molecule has 0 aliphatic heterocycles. The molecule has 3 aromatic rings. The summed E-state index contributed by atoms with van der Waals surface area (Å²) in [5, 5.41) is 7.43. The first-order valence-electron chi connectivity index (χ1n) is 9.03. The van der Waals surface area contributed by atoms with Gasteiger partial charge in [0.1, 0.15) is 28.7 Å². The van der Waals surface area contributed by atoms with Crippen LogP contribution in [0.4, 0.5) is 11.5 Å². The van der Waals surface area contributed by atoms with Crippen LogP contribution < -0.4 is 20.1 Å². The first-order valence-corrected chi connectivity index (χ1v) is 10.4. The summed E-state index contributed by atoms with van der Waals surface area (Å²) in [7, 11) is 3.11. The average molecular weight is 445 g/mol. The SMILES string of the molecule is COc1ccc(OC)c(NC(=O)CSc2cc(NCc3ccccc3Cl)ncn2)c1. The Morgan fingerprint density at radius 1 is 1.10 bits per heavy atom. The summed E-state index contributed by atoms with van der Waals surface area (Å²) in [4.78, 5) is 20.8. The van der Waals surface area contributed by atoms with Gasteiger partial charge >= 0.3 is 0 Å². The zero-order chi connectivity index (χ0) is 21.3. The second-order valence-electron chi connectivity index (χ2n) is 6.09. The summed E-state index contributed by atoms with van der Waals surface area (Å²) < 4.78 is 10.5. The van der Waals surface area contributed by atoms with Gasteiger partial charge in [0, 0.05) is 23.7 Å². The number of benzene rings is 2. The molecule has 2 N–H and O–H groups in total. The van der Waals surface area contributed by atoms with Crippen LogP contribution in [-0.2, 0) is 11.3 Å². The van der Waals surface area contributed by atoms with Crippen molar-refractivity contribution in [1.82, 2.24) is 9.97 Å². The lowest BCUT2D eigenvalue weighted by molar-refractivity contribution is -0.113. The van der Waals surface area contributed by atoms with Gasteiger partial charge in [-0.1, -0.05) is 41.6 Å². The Kier molecular flexibility index (Phi) is 7.75. The van der Waals surface area contributed by atoms with E-state index in [0.717, 1.165) is 5.56 Å². The zero-order valence-electron chi connectivity index (χ0n) is 16.5. The highest BCUT2D eigenvalue weighted by atomic mass is 35.5. The van der Waals surface area contributed by atoms with Crippen LogP contribution >= 0.6 is 23.4 Å². The van der Waals surface area contributed by atoms with Gasteiger partial charge < -0.3 is 20.1 Å². The number of nitrogens with one attached hydrogen (secondary N) is 2. The van der Waals surface area contributed by atoms with E-state index < -0.39 is 0 Å². The third kappa shape index (κ3) is 6.01. The Morgan fingerprint density at radius 2 is 1.93 bits per heavy atom. The van der Waals surface area contributed by atoms with Crippen LogP contribution in [-0.4, -0.2) is 35.8 Å². The number of nitrogens with zero attached hydrogens (tertiary/aromatic N) is 2. The maximum atomic E-state index is 12.4. The van der Waals surface area contributed by atoms with Crippen LogP contribution in [0.1, 0.15) is 5.56 Å². The highest BCUT2D eigenvalue weighted by Gasteiger charge is 2.10. The molecule has 30 heavy (non-hydrogen) atoms. The summed E-state index contributed by atoms with van der Waals surface area (Å²) in [6.07, 6.45) is 1.46. The summed E-state index contributed by atoms with van der Waals surface area (Å²) in [6.45, 7) is 0.539. The number of amides is 1. The molecule has 0 saturated heterocycles. The molecule has 0 atom stereocenters. The number of carbonyl (C=O) groups is 1. The Labute approximate surface area is 184 Å². The van der Waals surface area contributed by atoms with Gasteiger partial charge in [-0.3, -0.25) is 4.79 Å². The molecule has 0 unspecified atom stereocenters. The molecule has 156 valence electrons. The van der Waals surface area contributed by atoms with Crippen molar-refractivity contribution in [3.05, 3.63) is 65.4 Å². The van der Waals surface area contributed by atoms with Crippen LogP contribution in [0.25, 0.3) is 0 Å². The standard InChI is InChI=1S/C21H21ClN4O3S/c1-28-15-7-8-18(29-2)17(9-15)26-20(27)12-30-21-10-19(24-13-25-21)23-11-14-5-3-4-6-16(14)22/h3-10,13H,11-12H2,1-2H3,(H,26,27)(H,23,24,25). The first kappa shape index (κ1) is 21.7. The average Bonchev–Trinajstić information content (AvgIpc) is 2.77. The maximum absolute atomic E-state index is 12.4. The highest BCUT2D eigenvalue weighted by Crippen LogP contribution is 2.29. The Balaban J connectivity index is 1.56. The molecule has 0 bridgehead atoms. The van der Waals surface area contributed by atoms with E-state index in [1.54, 1.807) is 38.5 Å². The second-order valence-corrected chi connectivity index (χ2v) is 7.49. The Morgan fingerprint density at radius 3 is 2.70 bits per heavy atom. The van der Waals surface area contributed by atoms with E-state index in [1.165, 1.54) is 18.1 Å². The van der Waals surface area contributed by atoms with Gasteiger partial charge in [0.15, 0.2) is 0 Å². The van der Waals surface area contributed by atoms with E-state index in [-0.39, 0.29) is 11.7 Å². The fourth-order valence-corrected chi connectivity index (χ4v) is 3.45. The molecule has 7 nitrogen and oxygen atoms in total. The van der Waals surface area contributed by atoms with Crippen molar-refractivity contribution in [2.45, 2.75) is 11.6 Å². The predicted octanol–water partition coefficient (Wildman–Crippen LogP) is 4.49. The number of halogens is 1. The fraction of sp³-hybridized carbons (Fsp3) is 0.190. The van der Waals surface area contributed by atoms with Crippen molar-refractivity contribution in [2.24, 2.45) is 0 Å². The summed E-state index contributed by atoms with van der Waals surface area (Å²) in [5.41, 5.74) is 1.52. The summed E-state index contributed by atoms with van der Waals surface area (Å²) in [6, 6.07) is 14.6. The van der Waals surface area contributed by atoms with Crippen molar-refractivity contribution in [3.8, 4) is 11.5 Å². The lowest BCUT2D eigenvalue weighted by Gasteiger charge is -2.11. The monoisotopic (exact) mass is 444 g/mol. The second kappa shape index (κ2) is 10.7. The molecule has 9 heteroatoms. The molecule has 0 spiro atoms. The molecular formula is C21H21ClN4O3S. The van der Waals surface area contributed by atoms with E-state index in [9.17, 15) is 4.79 Å². The number of carbonyl (C=O) groups excluding carboxylic acids is 1. The van der Waals surface area contributed by atoms with E-state index >= 15 is 0 Å². The maximum Gasteiger partial charge on any atom is 0.234 e. The van der Waals surface area contributed by atoms with Gasteiger partial charge in [-0.05, 0) is 23.8 Å². The lowest BCUT2D eigenvalue weighted by atomic mass is 10.2. The number of rotatable bonds is 9. The molecule has 0 fully saturated rings. The minimum atomic E-state index is -0.184. The van der Waals surface area contributed by atoms with E-state index in [4.69, 9.17) is 21.1 Å². The van der Waals surface area contributed by atoms with Gasteiger partial charge in [-0.25, -0.2) is 9.97 Å². The normalized spacial score (nSPS) is 10.4. The molecule has 1 aromatic heterocycles. The van der Waals surface area contributed by atoms with Crippen LogP contribution in [0.15, 0.2) is 59.9 Å². The van der Waals surface area contributed by atoms with Crippen molar-refractivity contribution in [2.75, 3.05) is 30.6 Å². The summed E-state index contributed by atoms with van der Waals surface area (Å²) >= 11 is 7.48. The topological polar surface area (TPSA) is 85.4 Å². The van der Waals surface area contributed by atoms with E-state index in [0.29, 0.717) is 39.6 Å². The van der Waals surface area contributed by atoms with Gasteiger partial charge in [-0.2, -0.15) is 0 Å². The number of hydrogen-bond acceptors (Lipinski definition) is 7. The van der Waals surface area contributed by atoms with Crippen molar-refractivity contribution >= 4 is 40.8 Å². The Hall–Kier alpha value is -2.97. The van der Waals surface area contributed by atoms with Gasteiger partial charge in [-0.15, -0.1) is 0 Å². The molecular weight excluding hydrogens is 424 g/mol. The molecule has 3 rings (SSSR count). The van der Waals surface area contributed by atoms with Gasteiger partial charge in [0.25, 0.3) is 0 Å². The fourth-order valence-electron chi connectivity index (χ4n) is 2.58. The van der Waals surface area contributed by atoms with Crippen molar-refractivity contribution in [3.63, 3.8) is 0 Å². The van der Waals surface area contributed by atoms with Crippen LogP contribution in [0.5, 0.6) is 11.5 Å². The Bertz CT molecular complexity index is 1020. The molecule has 0 aliphatic rings. The minimum absolute atomic E-state index is 0.182. The molecule has 1 amide bonds. The van der Waals surface area contributed by atoms with Crippen LogP contribution in [0, 0.1) is 0 Å². The number of aromatic nitrogens is 2. The molecule has 0 saturated carbocycles. The number of hydrogen-bond donors (Lipinski definition) is 2. The first-order chi connectivity index (χ1) is 14.6. The summed E-state index contributed by atoms with van der Waals surface area (Å²) in [5.74, 6) is 1.84. The quantitative estimate of drug-likeness (QED) is 0.371. The smallest absolute Gasteiger partial charge is 0.234 e. The molecule has 1 heterocycles. The predicted molar refractivity (Wildman–Crippen MR) is 120 cm³/mol. The zero-order valence-corrected chi connectivity index (χ0v) is 18.1. The van der Waals surface area contributed by atoms with E-state index in [1.807, 2.05) is 24.3 Å². The van der Waals surface area contributed by atoms with Crippen LogP contribution in [0.2, 0.25) is 5.02 Å². The molecule has 0 radical (unpaired) electrons. The lowest BCUT2D eigenvalue weighted by Crippen LogP contribution is -2.15. The van der Waals surface area contributed by atoms with E-state index in [2.05, 4.69) is 20.6 Å². The van der Waals surface area contributed by atoms with Crippen LogP contribution in [0.3, 0.4) is 0 Å². The van der Waals surface area contributed by atoms with Crippen molar-refractivity contribution < 1.29 is 14.3 Å². The third-order valence-corrected chi connectivity index (χ3v) is 5.39. The number of anilines is 2. The number of ether oxygens (including phenoxy) is 2. The van der Waals surface area contributed by atoms with Gasteiger partial charge in [0.05, 0.1) is 25.7 Å². The number of thioether (sulfide) groups is 1. The van der Waals surface area contributed by atoms with Crippen molar-refractivity contribution in [1.29, 1.82) is 0 Å². The van der Waals surface area contributed by atoms with Gasteiger partial charge in [0.2, 0.25) is 5.91 Å². The largest absolute Gasteiger partial charge is 0.497 e. The highest BCUT2D eigenvalue weighted by molar-refractivity contribution is 7.99. The molecule has 2 aromatic carbocycles. The minimum Gasteiger partial charge on any atom is -0.497 e. The third-order valence-electron chi connectivity index (χ3n) is 4.09.